The Hall–Kier alpha value is -1.38. The highest BCUT2D eigenvalue weighted by Crippen LogP contribution is 2.29. The number of thioether (sulfide) groups is 1. The summed E-state index contributed by atoms with van der Waals surface area (Å²) in [6.45, 7) is 4.48. The average molecular weight is 411 g/mol. The van der Waals surface area contributed by atoms with Gasteiger partial charge in [0.2, 0.25) is 5.91 Å². The second-order valence-corrected chi connectivity index (χ2v) is 10.7. The summed E-state index contributed by atoms with van der Waals surface area (Å²) in [7, 11) is -2.99. The molecule has 1 aromatic carbocycles. The number of amides is 1. The van der Waals surface area contributed by atoms with E-state index in [0.29, 0.717) is 13.0 Å². The molecule has 1 saturated heterocycles. The molecule has 0 saturated carbocycles. The van der Waals surface area contributed by atoms with Crippen LogP contribution < -0.4 is 0 Å². The molecule has 2 aromatic rings. The van der Waals surface area contributed by atoms with E-state index in [1.807, 2.05) is 31.4 Å². The summed E-state index contributed by atoms with van der Waals surface area (Å²) in [6.07, 6.45) is 0.543. The maximum Gasteiger partial charge on any atom is 0.233 e. The van der Waals surface area contributed by atoms with Gasteiger partial charge in [0.15, 0.2) is 14.2 Å². The van der Waals surface area contributed by atoms with Gasteiger partial charge in [-0.1, -0.05) is 41.6 Å². The second-order valence-electron chi connectivity index (χ2n) is 6.39. The monoisotopic (exact) mass is 410 g/mol. The van der Waals surface area contributed by atoms with Gasteiger partial charge >= 0.3 is 0 Å². The van der Waals surface area contributed by atoms with Crippen LogP contribution in [0.5, 0.6) is 0 Å². The molecule has 0 bridgehead atoms. The number of sulfone groups is 1. The minimum atomic E-state index is -2.99. The first-order valence-electron chi connectivity index (χ1n) is 8.53. The van der Waals surface area contributed by atoms with Gasteiger partial charge in [-0.15, -0.1) is 11.3 Å². The lowest BCUT2D eigenvalue weighted by Crippen LogP contribution is -2.41. The van der Waals surface area contributed by atoms with Crippen molar-refractivity contribution in [2.45, 2.75) is 30.6 Å². The predicted molar refractivity (Wildman–Crippen MR) is 107 cm³/mol. The van der Waals surface area contributed by atoms with E-state index in [4.69, 9.17) is 0 Å². The maximum atomic E-state index is 12.5. The zero-order valence-corrected chi connectivity index (χ0v) is 17.3. The fraction of sp³-hybridized carbons (Fsp3) is 0.444. The Morgan fingerprint density at radius 3 is 2.69 bits per heavy atom. The average Bonchev–Trinajstić information content (AvgIpc) is 3.21. The van der Waals surface area contributed by atoms with Crippen molar-refractivity contribution in [3.63, 3.8) is 0 Å². The third-order valence-electron chi connectivity index (χ3n) is 4.46. The number of hydrogen-bond donors (Lipinski definition) is 0. The lowest BCUT2D eigenvalue weighted by Gasteiger charge is -2.26. The van der Waals surface area contributed by atoms with Gasteiger partial charge in [0.1, 0.15) is 0 Å². The molecule has 0 radical (unpaired) electrons. The quantitative estimate of drug-likeness (QED) is 0.684. The Morgan fingerprint density at radius 2 is 2.08 bits per heavy atom. The van der Waals surface area contributed by atoms with Crippen LogP contribution in [0.3, 0.4) is 0 Å². The van der Waals surface area contributed by atoms with Gasteiger partial charge in [-0.3, -0.25) is 4.79 Å². The first kappa shape index (κ1) is 19.4. The van der Waals surface area contributed by atoms with Crippen molar-refractivity contribution in [3.05, 3.63) is 35.2 Å². The molecule has 3 rings (SSSR count). The standard InChI is InChI=1S/C18H22N2O3S3/c1-3-20(15-8-9-26(22,23)12-15)17(21)11-25-18-19-16(10-24-18)14-6-4-13(2)5-7-14/h4-7,10,15H,3,8-9,11-12H2,1-2H3/t15-/m1/s1. The summed E-state index contributed by atoms with van der Waals surface area (Å²) < 4.78 is 24.2. The number of thiazole rings is 1. The minimum absolute atomic E-state index is 0.0216. The fourth-order valence-corrected chi connectivity index (χ4v) is 6.50. The van der Waals surface area contributed by atoms with E-state index in [1.54, 1.807) is 4.90 Å². The second kappa shape index (κ2) is 8.10. The highest BCUT2D eigenvalue weighted by Gasteiger charge is 2.33. The van der Waals surface area contributed by atoms with Crippen molar-refractivity contribution in [1.82, 2.24) is 9.88 Å². The van der Waals surface area contributed by atoms with Gasteiger partial charge < -0.3 is 4.90 Å². The molecule has 8 heteroatoms. The summed E-state index contributed by atoms with van der Waals surface area (Å²) >= 11 is 2.94. The molecule has 1 aliphatic heterocycles. The molecule has 1 fully saturated rings. The first-order valence-corrected chi connectivity index (χ1v) is 12.2. The first-order chi connectivity index (χ1) is 12.4. The zero-order chi connectivity index (χ0) is 18.7. The van der Waals surface area contributed by atoms with Crippen LogP contribution in [0.25, 0.3) is 11.3 Å². The van der Waals surface area contributed by atoms with Gasteiger partial charge in [-0.25, -0.2) is 13.4 Å². The topological polar surface area (TPSA) is 67.3 Å². The maximum absolute atomic E-state index is 12.5. The minimum Gasteiger partial charge on any atom is -0.338 e. The highest BCUT2D eigenvalue weighted by molar-refractivity contribution is 8.01. The summed E-state index contributed by atoms with van der Waals surface area (Å²) in [5.74, 6) is 0.532. The number of aromatic nitrogens is 1. The number of aryl methyl sites for hydroxylation is 1. The van der Waals surface area contributed by atoms with Gasteiger partial charge in [0, 0.05) is 23.5 Å². The van der Waals surface area contributed by atoms with Crippen LogP contribution in [-0.2, 0) is 14.6 Å². The SMILES string of the molecule is CCN(C(=O)CSc1nc(-c2ccc(C)cc2)cs1)[C@@H]1CCS(=O)(=O)C1. The Kier molecular flexibility index (Phi) is 6.04. The Labute approximate surface area is 162 Å². The predicted octanol–water partition coefficient (Wildman–Crippen LogP) is 3.25. The van der Waals surface area contributed by atoms with Crippen molar-refractivity contribution < 1.29 is 13.2 Å². The Bertz CT molecular complexity index is 875. The molecular formula is C18H22N2O3S3. The van der Waals surface area contributed by atoms with Crippen molar-refractivity contribution >= 4 is 38.8 Å². The molecule has 140 valence electrons. The van der Waals surface area contributed by atoms with Gasteiger partial charge in [0.25, 0.3) is 0 Å². The number of carbonyl (C=O) groups excluding carboxylic acids is 1. The number of rotatable bonds is 6. The molecule has 0 N–H and O–H groups in total. The van der Waals surface area contributed by atoms with E-state index >= 15 is 0 Å². The number of nitrogens with zero attached hydrogens (tertiary/aromatic N) is 2. The van der Waals surface area contributed by atoms with E-state index in [1.165, 1.54) is 28.7 Å². The molecule has 1 aliphatic rings. The third-order valence-corrected chi connectivity index (χ3v) is 8.22. The van der Waals surface area contributed by atoms with Crippen molar-refractivity contribution in [1.29, 1.82) is 0 Å². The molecule has 5 nitrogen and oxygen atoms in total. The third kappa shape index (κ3) is 4.66. The van der Waals surface area contributed by atoms with Crippen LogP contribution in [0.4, 0.5) is 0 Å². The summed E-state index contributed by atoms with van der Waals surface area (Å²) in [4.78, 5) is 18.9. The number of carbonyl (C=O) groups is 1. The van der Waals surface area contributed by atoms with Crippen LogP contribution in [0, 0.1) is 6.92 Å². The summed E-state index contributed by atoms with van der Waals surface area (Å²) in [5, 5.41) is 2.00. The van der Waals surface area contributed by atoms with Crippen LogP contribution in [0.15, 0.2) is 34.0 Å². The molecule has 26 heavy (non-hydrogen) atoms. The van der Waals surface area contributed by atoms with Gasteiger partial charge in [-0.2, -0.15) is 0 Å². The normalized spacial score (nSPS) is 18.8. The summed E-state index contributed by atoms with van der Waals surface area (Å²) in [5.41, 5.74) is 3.19. The largest absolute Gasteiger partial charge is 0.338 e. The van der Waals surface area contributed by atoms with Gasteiger partial charge in [0.05, 0.1) is 23.0 Å². The molecule has 1 amide bonds. The smallest absolute Gasteiger partial charge is 0.233 e. The van der Waals surface area contributed by atoms with E-state index in [0.717, 1.165) is 15.6 Å². The lowest BCUT2D eigenvalue weighted by molar-refractivity contribution is -0.129. The molecule has 0 unspecified atom stereocenters. The van der Waals surface area contributed by atoms with E-state index < -0.39 is 9.84 Å². The zero-order valence-electron chi connectivity index (χ0n) is 14.8. The fourth-order valence-electron chi connectivity index (χ4n) is 3.05. The van der Waals surface area contributed by atoms with E-state index in [2.05, 4.69) is 17.1 Å². The highest BCUT2D eigenvalue weighted by atomic mass is 32.2. The summed E-state index contributed by atoms with van der Waals surface area (Å²) in [6, 6.07) is 8.02. The Balaban J connectivity index is 1.60. The van der Waals surface area contributed by atoms with Crippen LogP contribution in [0.2, 0.25) is 0 Å². The number of benzene rings is 1. The van der Waals surface area contributed by atoms with Gasteiger partial charge in [-0.05, 0) is 20.3 Å². The van der Waals surface area contributed by atoms with Crippen molar-refractivity contribution in [2.75, 3.05) is 23.8 Å². The molecule has 1 aromatic heterocycles. The molecule has 0 spiro atoms. The van der Waals surface area contributed by atoms with Crippen LogP contribution in [-0.4, -0.2) is 54.1 Å². The van der Waals surface area contributed by atoms with Crippen molar-refractivity contribution in [3.8, 4) is 11.3 Å². The van der Waals surface area contributed by atoms with Crippen molar-refractivity contribution in [2.24, 2.45) is 0 Å². The molecular weight excluding hydrogens is 388 g/mol. The molecule has 0 aliphatic carbocycles. The molecule has 2 heterocycles. The number of hydrogen-bond acceptors (Lipinski definition) is 6. The lowest BCUT2D eigenvalue weighted by atomic mass is 10.1. The Morgan fingerprint density at radius 1 is 1.35 bits per heavy atom. The van der Waals surface area contributed by atoms with Crippen LogP contribution in [0.1, 0.15) is 18.9 Å². The van der Waals surface area contributed by atoms with E-state index in [-0.39, 0.29) is 29.2 Å². The van der Waals surface area contributed by atoms with E-state index in [9.17, 15) is 13.2 Å². The van der Waals surface area contributed by atoms with Crippen LogP contribution >= 0.6 is 23.1 Å². The molecule has 1 atom stereocenters.